The smallest absolute Gasteiger partial charge is 0.107 e. The first-order valence-electron chi connectivity index (χ1n) is 4.61. The van der Waals surface area contributed by atoms with Crippen LogP contribution in [-0.4, -0.2) is 4.98 Å². The Kier molecular flexibility index (Phi) is 3.05. The summed E-state index contributed by atoms with van der Waals surface area (Å²) < 4.78 is 0. The maximum atomic E-state index is 5.96. The van der Waals surface area contributed by atoms with Crippen molar-refractivity contribution in [3.8, 4) is 11.3 Å². The third-order valence-corrected chi connectivity index (χ3v) is 3.31. The van der Waals surface area contributed by atoms with Crippen molar-refractivity contribution in [2.75, 3.05) is 0 Å². The van der Waals surface area contributed by atoms with Gasteiger partial charge in [0, 0.05) is 22.5 Å². The highest BCUT2D eigenvalue weighted by atomic mass is 35.5. The van der Waals surface area contributed by atoms with Gasteiger partial charge in [-0.3, -0.25) is 0 Å². The molecule has 78 valence electrons. The molecular formula is C11H11ClN2S. The number of nitrogens with zero attached hydrogens (tertiary/aromatic N) is 1. The Balaban J connectivity index is 2.48. The lowest BCUT2D eigenvalue weighted by Crippen LogP contribution is -1.94. The minimum atomic E-state index is 0.490. The first-order valence-corrected chi connectivity index (χ1v) is 5.87. The fourth-order valence-electron chi connectivity index (χ4n) is 1.40. The van der Waals surface area contributed by atoms with Crippen LogP contribution in [0.2, 0.25) is 5.02 Å². The van der Waals surface area contributed by atoms with Gasteiger partial charge in [-0.2, -0.15) is 0 Å². The van der Waals surface area contributed by atoms with Gasteiger partial charge in [-0.25, -0.2) is 4.98 Å². The molecule has 2 aromatic rings. The molecule has 2 N–H and O–H groups in total. The zero-order valence-electron chi connectivity index (χ0n) is 8.33. The molecule has 1 aromatic heterocycles. The lowest BCUT2D eigenvalue weighted by Gasteiger charge is -2.02. The molecule has 0 radical (unpaired) electrons. The van der Waals surface area contributed by atoms with E-state index in [-0.39, 0.29) is 0 Å². The highest BCUT2D eigenvalue weighted by Crippen LogP contribution is 2.27. The summed E-state index contributed by atoms with van der Waals surface area (Å²) >= 11 is 7.54. The summed E-state index contributed by atoms with van der Waals surface area (Å²) in [6, 6.07) is 5.82. The molecule has 0 bridgehead atoms. The van der Waals surface area contributed by atoms with Gasteiger partial charge in [0.15, 0.2) is 0 Å². The molecule has 0 aliphatic rings. The van der Waals surface area contributed by atoms with Crippen LogP contribution in [0, 0.1) is 6.92 Å². The number of aryl methyl sites for hydroxylation is 1. The molecule has 4 heteroatoms. The number of thiazole rings is 1. The van der Waals surface area contributed by atoms with E-state index >= 15 is 0 Å². The van der Waals surface area contributed by atoms with E-state index in [0.29, 0.717) is 6.54 Å². The molecule has 0 saturated heterocycles. The monoisotopic (exact) mass is 238 g/mol. The van der Waals surface area contributed by atoms with Crippen LogP contribution in [0.1, 0.15) is 10.6 Å². The van der Waals surface area contributed by atoms with Crippen molar-refractivity contribution in [2.24, 2.45) is 5.73 Å². The van der Waals surface area contributed by atoms with Gasteiger partial charge in [0.1, 0.15) is 5.01 Å². The Labute approximate surface area is 97.7 Å². The van der Waals surface area contributed by atoms with Crippen molar-refractivity contribution in [3.63, 3.8) is 0 Å². The summed E-state index contributed by atoms with van der Waals surface area (Å²) in [4.78, 5) is 4.44. The quantitative estimate of drug-likeness (QED) is 0.873. The van der Waals surface area contributed by atoms with E-state index in [0.717, 1.165) is 21.3 Å². The van der Waals surface area contributed by atoms with E-state index in [2.05, 4.69) is 4.98 Å². The van der Waals surface area contributed by atoms with Crippen LogP contribution in [0.15, 0.2) is 23.6 Å². The second kappa shape index (κ2) is 4.31. The van der Waals surface area contributed by atoms with E-state index in [1.54, 1.807) is 11.3 Å². The Hall–Kier alpha value is -0.900. The molecule has 2 rings (SSSR count). The first kappa shape index (κ1) is 10.6. The fraction of sp³-hybridized carbons (Fsp3) is 0.182. The number of aromatic nitrogens is 1. The van der Waals surface area contributed by atoms with Crippen molar-refractivity contribution < 1.29 is 0 Å². The number of nitrogens with two attached hydrogens (primary N) is 1. The summed E-state index contributed by atoms with van der Waals surface area (Å²) in [5.74, 6) is 0. The molecule has 0 unspecified atom stereocenters. The van der Waals surface area contributed by atoms with Crippen LogP contribution >= 0.6 is 22.9 Å². The van der Waals surface area contributed by atoms with Crippen LogP contribution in [0.3, 0.4) is 0 Å². The molecule has 0 saturated carbocycles. The molecule has 0 spiro atoms. The molecule has 0 aliphatic carbocycles. The van der Waals surface area contributed by atoms with Gasteiger partial charge in [-0.05, 0) is 24.6 Å². The van der Waals surface area contributed by atoms with Crippen LogP contribution in [0.25, 0.3) is 11.3 Å². The second-order valence-electron chi connectivity index (χ2n) is 3.29. The van der Waals surface area contributed by atoms with Crippen LogP contribution in [0.5, 0.6) is 0 Å². The van der Waals surface area contributed by atoms with Crippen LogP contribution < -0.4 is 5.73 Å². The van der Waals surface area contributed by atoms with Crippen molar-refractivity contribution in [1.82, 2.24) is 4.98 Å². The predicted molar refractivity (Wildman–Crippen MR) is 65.2 cm³/mol. The maximum absolute atomic E-state index is 5.96. The van der Waals surface area contributed by atoms with Crippen molar-refractivity contribution in [3.05, 3.63) is 39.2 Å². The van der Waals surface area contributed by atoms with E-state index < -0.39 is 0 Å². The van der Waals surface area contributed by atoms with Gasteiger partial charge in [0.25, 0.3) is 0 Å². The minimum absolute atomic E-state index is 0.490. The molecule has 0 fully saturated rings. The van der Waals surface area contributed by atoms with Crippen LogP contribution in [0.4, 0.5) is 0 Å². The lowest BCUT2D eigenvalue weighted by molar-refractivity contribution is 1.04. The lowest BCUT2D eigenvalue weighted by atomic mass is 10.1. The summed E-state index contributed by atoms with van der Waals surface area (Å²) in [6.45, 7) is 2.54. The standard InChI is InChI=1S/C11H11ClN2S/c1-7-2-3-8(12)4-9(7)10-6-15-11(5-13)14-10/h2-4,6H,5,13H2,1H3. The van der Waals surface area contributed by atoms with E-state index in [1.165, 1.54) is 5.56 Å². The largest absolute Gasteiger partial charge is 0.325 e. The van der Waals surface area contributed by atoms with Gasteiger partial charge in [0.05, 0.1) is 5.69 Å². The summed E-state index contributed by atoms with van der Waals surface area (Å²) in [7, 11) is 0. The molecular weight excluding hydrogens is 228 g/mol. The zero-order chi connectivity index (χ0) is 10.8. The maximum Gasteiger partial charge on any atom is 0.107 e. The van der Waals surface area contributed by atoms with Gasteiger partial charge >= 0.3 is 0 Å². The van der Waals surface area contributed by atoms with Gasteiger partial charge in [-0.15, -0.1) is 11.3 Å². The number of halogens is 1. The van der Waals surface area contributed by atoms with E-state index in [1.807, 2.05) is 30.5 Å². The van der Waals surface area contributed by atoms with E-state index in [4.69, 9.17) is 17.3 Å². The average molecular weight is 239 g/mol. The normalized spacial score (nSPS) is 10.6. The summed E-state index contributed by atoms with van der Waals surface area (Å²) in [5.41, 5.74) is 8.75. The Morgan fingerprint density at radius 2 is 2.27 bits per heavy atom. The first-order chi connectivity index (χ1) is 7.20. The summed E-state index contributed by atoms with van der Waals surface area (Å²) in [6.07, 6.45) is 0. The topological polar surface area (TPSA) is 38.9 Å². The molecule has 2 nitrogen and oxygen atoms in total. The third kappa shape index (κ3) is 2.20. The minimum Gasteiger partial charge on any atom is -0.325 e. The number of benzene rings is 1. The zero-order valence-corrected chi connectivity index (χ0v) is 9.90. The highest BCUT2D eigenvalue weighted by molar-refractivity contribution is 7.09. The SMILES string of the molecule is Cc1ccc(Cl)cc1-c1csc(CN)n1. The number of hydrogen-bond donors (Lipinski definition) is 1. The van der Waals surface area contributed by atoms with Gasteiger partial charge in [0.2, 0.25) is 0 Å². The molecule has 1 heterocycles. The van der Waals surface area contributed by atoms with Gasteiger partial charge < -0.3 is 5.73 Å². The van der Waals surface area contributed by atoms with Crippen LogP contribution in [-0.2, 0) is 6.54 Å². The molecule has 1 aromatic carbocycles. The molecule has 0 aliphatic heterocycles. The van der Waals surface area contributed by atoms with Crippen molar-refractivity contribution >= 4 is 22.9 Å². The number of hydrogen-bond acceptors (Lipinski definition) is 3. The highest BCUT2D eigenvalue weighted by Gasteiger charge is 2.06. The van der Waals surface area contributed by atoms with Crippen molar-refractivity contribution in [1.29, 1.82) is 0 Å². The fourth-order valence-corrected chi connectivity index (χ4v) is 2.25. The van der Waals surface area contributed by atoms with Gasteiger partial charge in [-0.1, -0.05) is 17.7 Å². The Morgan fingerprint density at radius 3 is 2.93 bits per heavy atom. The van der Waals surface area contributed by atoms with Crippen molar-refractivity contribution in [2.45, 2.75) is 13.5 Å². The average Bonchev–Trinajstić information content (AvgIpc) is 2.70. The third-order valence-electron chi connectivity index (χ3n) is 2.20. The Morgan fingerprint density at radius 1 is 1.47 bits per heavy atom. The summed E-state index contributed by atoms with van der Waals surface area (Å²) in [5, 5.41) is 3.70. The second-order valence-corrected chi connectivity index (χ2v) is 4.67. The molecule has 15 heavy (non-hydrogen) atoms. The molecule has 0 amide bonds. The predicted octanol–water partition coefficient (Wildman–Crippen LogP) is 3.23. The molecule has 0 atom stereocenters. The Bertz CT molecular complexity index is 479. The number of rotatable bonds is 2. The van der Waals surface area contributed by atoms with E-state index in [9.17, 15) is 0 Å².